The minimum absolute atomic E-state index is 0.244. The fourth-order valence-corrected chi connectivity index (χ4v) is 4.86. The second-order valence-electron chi connectivity index (χ2n) is 11.0. The van der Waals surface area contributed by atoms with Gasteiger partial charge in [-0.25, -0.2) is 19.3 Å². The maximum Gasteiger partial charge on any atom is 0.324 e. The Hall–Kier alpha value is -5.38. The third-order valence-electron chi connectivity index (χ3n) is 7.31. The summed E-state index contributed by atoms with van der Waals surface area (Å²) in [6.07, 6.45) is 6.50. The first-order valence-corrected chi connectivity index (χ1v) is 14.9. The minimum atomic E-state index is -0.381. The standard InChI is InChI=1S/C34H35N7O3/c1-3-4-7-24-20-32(41(40-24)25-14-10-22(2)11-15-25)39-34(43)37-29-16-17-30(28-9-6-5-8-27(28)29)44-26-18-19-35-31(21-26)38-33(42)36-23-12-13-23/h5-6,8-11,14-21,23H,3-4,7,12-13H2,1-2H3,(H2,37,39,43)(H2,35,36,38,42). The van der Waals surface area contributed by atoms with E-state index < -0.39 is 0 Å². The van der Waals surface area contributed by atoms with Gasteiger partial charge in [0.1, 0.15) is 23.1 Å². The number of benzene rings is 3. The van der Waals surface area contributed by atoms with Crippen molar-refractivity contribution in [1.82, 2.24) is 20.1 Å². The number of amides is 4. The molecule has 5 aromatic rings. The quantitative estimate of drug-likeness (QED) is 0.132. The van der Waals surface area contributed by atoms with E-state index in [0.29, 0.717) is 28.8 Å². The number of rotatable bonds is 10. The highest BCUT2D eigenvalue weighted by Crippen LogP contribution is 2.35. The second-order valence-corrected chi connectivity index (χ2v) is 11.0. The van der Waals surface area contributed by atoms with E-state index in [4.69, 9.17) is 9.84 Å². The third-order valence-corrected chi connectivity index (χ3v) is 7.31. The summed E-state index contributed by atoms with van der Waals surface area (Å²) in [6, 6.07) is 24.3. The van der Waals surface area contributed by atoms with E-state index in [0.717, 1.165) is 59.8 Å². The van der Waals surface area contributed by atoms with Gasteiger partial charge in [-0.05, 0) is 62.9 Å². The number of urea groups is 2. The number of unbranched alkanes of at least 4 members (excludes halogenated alkanes) is 1. The molecular weight excluding hydrogens is 554 g/mol. The summed E-state index contributed by atoms with van der Waals surface area (Å²) < 4.78 is 7.99. The lowest BCUT2D eigenvalue weighted by molar-refractivity contribution is 0.251. The molecule has 44 heavy (non-hydrogen) atoms. The van der Waals surface area contributed by atoms with E-state index in [9.17, 15) is 9.59 Å². The Kier molecular flexibility index (Phi) is 8.40. The zero-order valence-corrected chi connectivity index (χ0v) is 24.8. The molecule has 6 rings (SSSR count). The number of pyridine rings is 1. The Balaban J connectivity index is 1.20. The number of nitrogens with zero attached hydrogens (tertiary/aromatic N) is 3. The average Bonchev–Trinajstić information content (AvgIpc) is 3.75. The summed E-state index contributed by atoms with van der Waals surface area (Å²) in [5.74, 6) is 2.11. The van der Waals surface area contributed by atoms with Crippen molar-refractivity contribution in [2.45, 2.75) is 52.0 Å². The summed E-state index contributed by atoms with van der Waals surface area (Å²) in [6.45, 7) is 4.18. The largest absolute Gasteiger partial charge is 0.457 e. The third kappa shape index (κ3) is 6.97. The Bertz CT molecular complexity index is 1800. The predicted molar refractivity (Wildman–Crippen MR) is 173 cm³/mol. The van der Waals surface area contributed by atoms with Gasteiger partial charge in [0.2, 0.25) is 0 Å². The summed E-state index contributed by atoms with van der Waals surface area (Å²) in [4.78, 5) is 29.7. The molecule has 0 spiro atoms. The van der Waals surface area contributed by atoms with Crippen molar-refractivity contribution in [2.24, 2.45) is 0 Å². The Morgan fingerprint density at radius 1 is 0.909 bits per heavy atom. The lowest BCUT2D eigenvalue weighted by atomic mass is 10.1. The Labute approximate surface area is 255 Å². The molecule has 1 saturated carbocycles. The number of nitrogens with one attached hydrogen (secondary N) is 4. The van der Waals surface area contributed by atoms with Crippen LogP contribution in [0, 0.1) is 6.92 Å². The molecule has 0 aliphatic heterocycles. The monoisotopic (exact) mass is 589 g/mol. The SMILES string of the molecule is CCCCc1cc(NC(=O)Nc2ccc(Oc3ccnc(NC(=O)NC4CC4)c3)c3ccccc23)n(-c2ccc(C)cc2)n1. The van der Waals surface area contributed by atoms with Gasteiger partial charge in [-0.3, -0.25) is 10.6 Å². The molecule has 2 heterocycles. The van der Waals surface area contributed by atoms with Crippen molar-refractivity contribution in [2.75, 3.05) is 16.0 Å². The second kappa shape index (κ2) is 12.9. The van der Waals surface area contributed by atoms with Crippen molar-refractivity contribution in [3.8, 4) is 17.2 Å². The maximum atomic E-state index is 13.3. The van der Waals surface area contributed by atoms with E-state index in [-0.39, 0.29) is 18.1 Å². The summed E-state index contributed by atoms with van der Waals surface area (Å²) in [5.41, 5.74) is 3.58. The van der Waals surface area contributed by atoms with Crippen LogP contribution >= 0.6 is 0 Å². The van der Waals surface area contributed by atoms with Crippen LogP contribution in [-0.2, 0) is 6.42 Å². The normalized spacial score (nSPS) is 12.5. The lowest BCUT2D eigenvalue weighted by Gasteiger charge is -2.15. The van der Waals surface area contributed by atoms with Crippen LogP contribution < -0.4 is 26.0 Å². The molecule has 0 unspecified atom stereocenters. The van der Waals surface area contributed by atoms with E-state index in [1.807, 2.05) is 73.7 Å². The molecule has 3 aromatic carbocycles. The van der Waals surface area contributed by atoms with Crippen LogP contribution in [0.1, 0.15) is 43.9 Å². The van der Waals surface area contributed by atoms with E-state index >= 15 is 0 Å². The number of hydrogen-bond donors (Lipinski definition) is 4. The number of hydrogen-bond acceptors (Lipinski definition) is 5. The fraction of sp³-hybridized carbons (Fsp3) is 0.235. The van der Waals surface area contributed by atoms with Crippen molar-refractivity contribution < 1.29 is 14.3 Å². The zero-order valence-electron chi connectivity index (χ0n) is 24.8. The predicted octanol–water partition coefficient (Wildman–Crippen LogP) is 7.79. The number of fused-ring (bicyclic) bond motifs is 1. The molecule has 1 fully saturated rings. The van der Waals surface area contributed by atoms with Crippen LogP contribution in [0.15, 0.2) is 85.1 Å². The summed E-state index contributed by atoms with van der Waals surface area (Å²) >= 11 is 0. The number of anilines is 3. The minimum Gasteiger partial charge on any atom is -0.457 e. The molecule has 10 heteroatoms. The molecule has 1 aliphatic carbocycles. The average molecular weight is 590 g/mol. The lowest BCUT2D eigenvalue weighted by Crippen LogP contribution is -2.30. The van der Waals surface area contributed by atoms with Crippen molar-refractivity contribution in [1.29, 1.82) is 0 Å². The smallest absolute Gasteiger partial charge is 0.324 e. The van der Waals surface area contributed by atoms with Gasteiger partial charge >= 0.3 is 12.1 Å². The van der Waals surface area contributed by atoms with Gasteiger partial charge in [0.15, 0.2) is 0 Å². The maximum absolute atomic E-state index is 13.3. The fourth-order valence-electron chi connectivity index (χ4n) is 4.86. The van der Waals surface area contributed by atoms with Gasteiger partial charge in [0.25, 0.3) is 0 Å². The number of carbonyl (C=O) groups excluding carboxylic acids is 2. The van der Waals surface area contributed by atoms with Crippen molar-refractivity contribution >= 4 is 40.2 Å². The van der Waals surface area contributed by atoms with Gasteiger partial charge in [-0.2, -0.15) is 5.10 Å². The molecule has 2 aromatic heterocycles. The first kappa shape index (κ1) is 28.7. The molecular formula is C34H35N7O3. The highest BCUT2D eigenvalue weighted by atomic mass is 16.5. The topological polar surface area (TPSA) is 122 Å². The highest BCUT2D eigenvalue weighted by Gasteiger charge is 2.23. The van der Waals surface area contributed by atoms with Gasteiger partial charge in [-0.1, -0.05) is 55.3 Å². The number of aromatic nitrogens is 3. The molecule has 0 radical (unpaired) electrons. The molecule has 1 aliphatic rings. The molecule has 4 amide bonds. The first-order chi connectivity index (χ1) is 21.4. The van der Waals surface area contributed by atoms with E-state index in [2.05, 4.69) is 33.2 Å². The number of ether oxygens (including phenoxy) is 1. The molecule has 10 nitrogen and oxygen atoms in total. The Morgan fingerprint density at radius 3 is 2.48 bits per heavy atom. The van der Waals surface area contributed by atoms with Crippen LogP contribution in [0.5, 0.6) is 11.5 Å². The van der Waals surface area contributed by atoms with E-state index in [1.165, 1.54) is 0 Å². The van der Waals surface area contributed by atoms with Crippen LogP contribution in [0.2, 0.25) is 0 Å². The van der Waals surface area contributed by atoms with Crippen LogP contribution in [-0.4, -0.2) is 32.9 Å². The van der Waals surface area contributed by atoms with Crippen LogP contribution in [0.4, 0.5) is 26.9 Å². The first-order valence-electron chi connectivity index (χ1n) is 14.9. The van der Waals surface area contributed by atoms with Gasteiger partial charge < -0.3 is 15.4 Å². The van der Waals surface area contributed by atoms with Gasteiger partial charge in [0, 0.05) is 35.1 Å². The molecule has 0 bridgehead atoms. The number of carbonyl (C=O) groups is 2. The van der Waals surface area contributed by atoms with Gasteiger partial charge in [0.05, 0.1) is 17.1 Å². The van der Waals surface area contributed by atoms with Crippen LogP contribution in [0.25, 0.3) is 16.5 Å². The molecule has 0 atom stereocenters. The number of aryl methyl sites for hydroxylation is 2. The zero-order chi connectivity index (χ0) is 30.5. The highest BCUT2D eigenvalue weighted by molar-refractivity contribution is 6.07. The molecule has 224 valence electrons. The Morgan fingerprint density at radius 2 is 1.70 bits per heavy atom. The van der Waals surface area contributed by atoms with Crippen LogP contribution in [0.3, 0.4) is 0 Å². The van der Waals surface area contributed by atoms with Gasteiger partial charge in [-0.15, -0.1) is 0 Å². The van der Waals surface area contributed by atoms with Crippen molar-refractivity contribution in [3.63, 3.8) is 0 Å². The molecule has 0 saturated heterocycles. The van der Waals surface area contributed by atoms with Crippen molar-refractivity contribution in [3.05, 3.63) is 96.3 Å². The summed E-state index contributed by atoms with van der Waals surface area (Å²) in [7, 11) is 0. The summed E-state index contributed by atoms with van der Waals surface area (Å²) in [5, 5.41) is 18.0. The molecule has 4 N–H and O–H groups in total. The van der Waals surface area contributed by atoms with E-state index in [1.54, 1.807) is 23.0 Å².